The minimum atomic E-state index is -0.856. The molecule has 2 fully saturated rings. The summed E-state index contributed by atoms with van der Waals surface area (Å²) >= 11 is 0. The summed E-state index contributed by atoms with van der Waals surface area (Å²) in [4.78, 5) is 27.3. The molecule has 0 aromatic rings. The maximum Gasteiger partial charge on any atom is 0.322 e. The summed E-state index contributed by atoms with van der Waals surface area (Å²) in [5.74, 6) is 0.268. The molecule has 0 spiro atoms. The number of piperidine rings is 1. The van der Waals surface area contributed by atoms with Gasteiger partial charge in [0.1, 0.15) is 6.04 Å². The number of nitrogens with zero attached hydrogens (tertiary/aromatic N) is 2. The number of carbonyl (C=O) groups excluding carboxylic acids is 1. The summed E-state index contributed by atoms with van der Waals surface area (Å²) < 4.78 is 0. The van der Waals surface area contributed by atoms with E-state index in [2.05, 4.69) is 19.2 Å². The fourth-order valence-electron chi connectivity index (χ4n) is 3.32. The minimum Gasteiger partial charge on any atom is -0.480 e. The fourth-order valence-corrected chi connectivity index (χ4v) is 3.32. The molecule has 2 N–H and O–H groups in total. The van der Waals surface area contributed by atoms with Gasteiger partial charge in [-0.2, -0.15) is 0 Å². The van der Waals surface area contributed by atoms with Crippen LogP contribution in [0.5, 0.6) is 0 Å². The van der Waals surface area contributed by atoms with Gasteiger partial charge in [0.15, 0.2) is 0 Å². The van der Waals surface area contributed by atoms with Crippen LogP contribution < -0.4 is 5.32 Å². The van der Waals surface area contributed by atoms with E-state index in [1.54, 1.807) is 4.90 Å². The summed E-state index contributed by atoms with van der Waals surface area (Å²) in [6.07, 6.45) is 1.16. The average Bonchev–Trinajstić information content (AvgIpc) is 2.37. The first-order valence-corrected chi connectivity index (χ1v) is 7.42. The number of likely N-dealkylation sites (tertiary alicyclic amines) is 1. The molecule has 3 unspecified atom stereocenters. The van der Waals surface area contributed by atoms with Crippen molar-refractivity contribution >= 4 is 11.9 Å². The van der Waals surface area contributed by atoms with Crippen LogP contribution in [0.4, 0.5) is 0 Å². The van der Waals surface area contributed by atoms with Gasteiger partial charge >= 0.3 is 5.97 Å². The lowest BCUT2D eigenvalue weighted by Gasteiger charge is -2.38. The second kappa shape index (κ2) is 6.54. The molecule has 3 atom stereocenters. The van der Waals surface area contributed by atoms with Crippen LogP contribution in [0.15, 0.2) is 0 Å². The molecule has 114 valence electrons. The largest absolute Gasteiger partial charge is 0.480 e. The molecule has 2 heterocycles. The van der Waals surface area contributed by atoms with Crippen LogP contribution in [0.3, 0.4) is 0 Å². The number of hydrogen-bond donors (Lipinski definition) is 2. The van der Waals surface area contributed by atoms with Crippen molar-refractivity contribution in [2.75, 3.05) is 39.3 Å². The van der Waals surface area contributed by atoms with Crippen molar-refractivity contribution in [3.63, 3.8) is 0 Å². The van der Waals surface area contributed by atoms with Gasteiger partial charge in [0.05, 0.1) is 6.54 Å². The third-order valence-corrected chi connectivity index (χ3v) is 4.20. The first kappa shape index (κ1) is 15.3. The first-order chi connectivity index (χ1) is 9.47. The van der Waals surface area contributed by atoms with E-state index in [9.17, 15) is 14.7 Å². The number of amides is 1. The zero-order chi connectivity index (χ0) is 14.7. The van der Waals surface area contributed by atoms with Gasteiger partial charge in [-0.3, -0.25) is 14.5 Å². The van der Waals surface area contributed by atoms with E-state index in [1.807, 2.05) is 4.90 Å². The Morgan fingerprint density at radius 3 is 2.50 bits per heavy atom. The number of piperazine rings is 1. The number of rotatable bonds is 3. The molecule has 2 aliphatic rings. The SMILES string of the molecule is CC1CC(C)CN(C(=O)CN2CCNCC2C(=O)O)C1. The van der Waals surface area contributed by atoms with Crippen LogP contribution in [0.2, 0.25) is 0 Å². The molecule has 6 heteroatoms. The molecule has 2 saturated heterocycles. The number of carboxylic acids is 1. The smallest absolute Gasteiger partial charge is 0.322 e. The lowest BCUT2D eigenvalue weighted by molar-refractivity contribution is -0.146. The van der Waals surface area contributed by atoms with Crippen molar-refractivity contribution in [1.82, 2.24) is 15.1 Å². The lowest BCUT2D eigenvalue weighted by Crippen LogP contribution is -2.58. The fraction of sp³-hybridized carbons (Fsp3) is 0.857. The first-order valence-electron chi connectivity index (χ1n) is 7.42. The van der Waals surface area contributed by atoms with Gasteiger partial charge in [-0.15, -0.1) is 0 Å². The van der Waals surface area contributed by atoms with Crippen LogP contribution in [0.1, 0.15) is 20.3 Å². The number of carboxylic acid groups (broad SMARTS) is 1. The molecule has 0 aromatic carbocycles. The van der Waals surface area contributed by atoms with Crippen LogP contribution in [0.25, 0.3) is 0 Å². The number of hydrogen-bond acceptors (Lipinski definition) is 4. The molecule has 2 rings (SSSR count). The molecule has 0 bridgehead atoms. The van der Waals surface area contributed by atoms with Crippen molar-refractivity contribution < 1.29 is 14.7 Å². The molecule has 0 aromatic heterocycles. The maximum absolute atomic E-state index is 12.4. The molecule has 6 nitrogen and oxygen atoms in total. The standard InChI is InChI=1S/C14H25N3O3/c1-10-5-11(2)8-17(7-10)13(18)9-16-4-3-15-6-12(16)14(19)20/h10-12,15H,3-9H2,1-2H3,(H,19,20). The van der Waals surface area contributed by atoms with Crippen molar-refractivity contribution in [3.05, 3.63) is 0 Å². The molecule has 0 radical (unpaired) electrons. The molecule has 0 saturated carbocycles. The van der Waals surface area contributed by atoms with Crippen molar-refractivity contribution in [2.24, 2.45) is 11.8 Å². The van der Waals surface area contributed by atoms with Crippen molar-refractivity contribution in [3.8, 4) is 0 Å². The highest BCUT2D eigenvalue weighted by atomic mass is 16.4. The Bertz CT molecular complexity index is 365. The quantitative estimate of drug-likeness (QED) is 0.753. The summed E-state index contributed by atoms with van der Waals surface area (Å²) in [6.45, 7) is 7.92. The zero-order valence-electron chi connectivity index (χ0n) is 12.3. The molecular formula is C14H25N3O3. The predicted octanol–water partition coefficient (Wildman–Crippen LogP) is -0.151. The number of carbonyl (C=O) groups is 2. The summed E-state index contributed by atoms with van der Waals surface area (Å²) in [5, 5.41) is 12.3. The zero-order valence-corrected chi connectivity index (χ0v) is 12.3. The topological polar surface area (TPSA) is 72.9 Å². The van der Waals surface area contributed by atoms with E-state index < -0.39 is 12.0 Å². The summed E-state index contributed by atoms with van der Waals surface area (Å²) in [5.41, 5.74) is 0. The van der Waals surface area contributed by atoms with Crippen molar-refractivity contribution in [2.45, 2.75) is 26.3 Å². The van der Waals surface area contributed by atoms with E-state index in [4.69, 9.17) is 0 Å². The van der Waals surface area contributed by atoms with Gasteiger partial charge < -0.3 is 15.3 Å². The lowest BCUT2D eigenvalue weighted by atomic mass is 9.92. The number of aliphatic carboxylic acids is 1. The van der Waals surface area contributed by atoms with Gasteiger partial charge in [0, 0.05) is 32.7 Å². The molecule has 20 heavy (non-hydrogen) atoms. The normalized spacial score (nSPS) is 32.1. The molecule has 1 amide bonds. The Morgan fingerprint density at radius 2 is 1.90 bits per heavy atom. The second-order valence-corrected chi connectivity index (χ2v) is 6.27. The minimum absolute atomic E-state index is 0.0663. The Morgan fingerprint density at radius 1 is 1.25 bits per heavy atom. The van der Waals surface area contributed by atoms with Crippen LogP contribution in [-0.2, 0) is 9.59 Å². The Labute approximate surface area is 120 Å². The van der Waals surface area contributed by atoms with Gasteiger partial charge in [-0.1, -0.05) is 13.8 Å². The van der Waals surface area contributed by atoms with E-state index in [-0.39, 0.29) is 12.5 Å². The summed E-state index contributed by atoms with van der Waals surface area (Å²) in [7, 11) is 0. The highest BCUT2D eigenvalue weighted by molar-refractivity contribution is 5.80. The van der Waals surface area contributed by atoms with Crippen LogP contribution in [0, 0.1) is 11.8 Å². The van der Waals surface area contributed by atoms with E-state index >= 15 is 0 Å². The predicted molar refractivity (Wildman–Crippen MR) is 75.4 cm³/mol. The van der Waals surface area contributed by atoms with Crippen LogP contribution >= 0.6 is 0 Å². The van der Waals surface area contributed by atoms with E-state index in [0.29, 0.717) is 24.9 Å². The average molecular weight is 283 g/mol. The van der Waals surface area contributed by atoms with Gasteiger partial charge in [0.25, 0.3) is 0 Å². The molecule has 0 aliphatic carbocycles. The summed E-state index contributed by atoms with van der Waals surface area (Å²) in [6, 6.07) is -0.590. The van der Waals surface area contributed by atoms with E-state index in [0.717, 1.165) is 26.1 Å². The third-order valence-electron chi connectivity index (χ3n) is 4.20. The van der Waals surface area contributed by atoms with E-state index in [1.165, 1.54) is 0 Å². The Kier molecular flexibility index (Phi) is 4.99. The Balaban J connectivity index is 1.94. The van der Waals surface area contributed by atoms with Crippen LogP contribution in [-0.4, -0.2) is 72.1 Å². The van der Waals surface area contributed by atoms with Gasteiger partial charge in [-0.05, 0) is 18.3 Å². The van der Waals surface area contributed by atoms with Crippen molar-refractivity contribution in [1.29, 1.82) is 0 Å². The second-order valence-electron chi connectivity index (χ2n) is 6.27. The van der Waals surface area contributed by atoms with Gasteiger partial charge in [-0.25, -0.2) is 0 Å². The highest BCUT2D eigenvalue weighted by Crippen LogP contribution is 2.21. The molecule has 2 aliphatic heterocycles. The Hall–Kier alpha value is -1.14. The third kappa shape index (κ3) is 3.70. The molecular weight excluding hydrogens is 258 g/mol. The highest BCUT2D eigenvalue weighted by Gasteiger charge is 2.32. The number of nitrogens with one attached hydrogen (secondary N) is 1. The monoisotopic (exact) mass is 283 g/mol. The van der Waals surface area contributed by atoms with Gasteiger partial charge in [0.2, 0.25) is 5.91 Å². The maximum atomic E-state index is 12.4.